The zero-order valence-corrected chi connectivity index (χ0v) is 12.0. The Balaban J connectivity index is 1.88. The maximum Gasteiger partial charge on any atom is 0.0354 e. The van der Waals surface area contributed by atoms with Gasteiger partial charge in [0, 0.05) is 18.0 Å². The molecule has 1 fully saturated rings. The minimum absolute atomic E-state index is 0.516. The Bertz CT molecular complexity index is 604. The van der Waals surface area contributed by atoms with E-state index in [9.17, 15) is 0 Å². The lowest BCUT2D eigenvalue weighted by Crippen LogP contribution is -2.42. The molecule has 1 nitrogen and oxygen atoms in total. The summed E-state index contributed by atoms with van der Waals surface area (Å²) in [6.07, 6.45) is 2.66. The van der Waals surface area contributed by atoms with Crippen LogP contribution in [-0.2, 0) is 0 Å². The summed E-state index contributed by atoms with van der Waals surface area (Å²) in [5.41, 5.74) is 4.57. The molecule has 2 aliphatic rings. The first-order chi connectivity index (χ1) is 9.86. The summed E-state index contributed by atoms with van der Waals surface area (Å²) in [6.45, 7) is 3.66. The van der Waals surface area contributed by atoms with Crippen molar-refractivity contribution in [2.24, 2.45) is 0 Å². The highest BCUT2D eigenvalue weighted by Crippen LogP contribution is 2.47. The Morgan fingerprint density at radius 3 is 2.40 bits per heavy atom. The van der Waals surface area contributed by atoms with Gasteiger partial charge in [-0.05, 0) is 43.0 Å². The van der Waals surface area contributed by atoms with Gasteiger partial charge in [-0.2, -0.15) is 0 Å². The van der Waals surface area contributed by atoms with Crippen LogP contribution >= 0.6 is 0 Å². The zero-order chi connectivity index (χ0) is 13.5. The molecule has 4 rings (SSSR count). The molecule has 2 aromatic carbocycles. The van der Waals surface area contributed by atoms with Crippen molar-refractivity contribution in [2.45, 2.75) is 37.8 Å². The van der Waals surface area contributed by atoms with E-state index in [2.05, 4.69) is 66.4 Å². The van der Waals surface area contributed by atoms with E-state index in [1.165, 1.54) is 24.9 Å². The molecule has 2 aromatic rings. The summed E-state index contributed by atoms with van der Waals surface area (Å²) >= 11 is 0. The smallest absolute Gasteiger partial charge is 0.0354 e. The lowest BCUT2D eigenvalue weighted by molar-refractivity contribution is 0.160. The van der Waals surface area contributed by atoms with Gasteiger partial charge < -0.3 is 0 Å². The molecule has 2 aliphatic heterocycles. The Hall–Kier alpha value is -1.60. The molecule has 0 N–H and O–H groups in total. The fraction of sp³-hybridized carbons (Fsp3) is 0.368. The summed E-state index contributed by atoms with van der Waals surface area (Å²) in [6, 6.07) is 21.4. The third-order valence-corrected chi connectivity index (χ3v) is 5.15. The standard InChI is InChI=1S/C19H21N/c1-14-19(15-8-3-2-4-9-15)17-11-6-5-10-16(17)18-12-7-13-20(14)18/h2-6,8-11,14,18-19H,7,12-13H2,1H3/t14-,18-,19+/m0/s1. The van der Waals surface area contributed by atoms with Crippen molar-refractivity contribution in [2.75, 3.05) is 6.54 Å². The molecule has 0 unspecified atom stereocenters. The van der Waals surface area contributed by atoms with Crippen molar-refractivity contribution < 1.29 is 0 Å². The normalized spacial score (nSPS) is 28.9. The van der Waals surface area contributed by atoms with Crippen molar-refractivity contribution in [3.05, 3.63) is 71.3 Å². The van der Waals surface area contributed by atoms with Gasteiger partial charge in [-0.15, -0.1) is 0 Å². The van der Waals surface area contributed by atoms with Gasteiger partial charge in [0.05, 0.1) is 0 Å². The van der Waals surface area contributed by atoms with E-state index in [-0.39, 0.29) is 0 Å². The maximum atomic E-state index is 2.72. The van der Waals surface area contributed by atoms with Gasteiger partial charge in [0.2, 0.25) is 0 Å². The monoisotopic (exact) mass is 263 g/mol. The van der Waals surface area contributed by atoms with E-state index in [4.69, 9.17) is 0 Å². The molecule has 0 bridgehead atoms. The number of fused-ring (bicyclic) bond motifs is 3. The van der Waals surface area contributed by atoms with Crippen LogP contribution in [0.15, 0.2) is 54.6 Å². The molecular weight excluding hydrogens is 242 g/mol. The predicted octanol–water partition coefficient (Wildman–Crippen LogP) is 4.36. The molecule has 0 aliphatic carbocycles. The van der Waals surface area contributed by atoms with Crippen LogP contribution in [0.4, 0.5) is 0 Å². The van der Waals surface area contributed by atoms with Gasteiger partial charge in [0.1, 0.15) is 0 Å². The Morgan fingerprint density at radius 2 is 1.60 bits per heavy atom. The van der Waals surface area contributed by atoms with Crippen molar-refractivity contribution in [3.63, 3.8) is 0 Å². The molecule has 102 valence electrons. The van der Waals surface area contributed by atoms with E-state index in [1.54, 1.807) is 11.1 Å². The summed E-state index contributed by atoms with van der Waals surface area (Å²) < 4.78 is 0. The SMILES string of the molecule is C[C@H]1[C@H](c2ccccc2)c2ccccc2[C@@H]2CCCN21. The maximum absolute atomic E-state index is 2.72. The van der Waals surface area contributed by atoms with Crippen LogP contribution in [0.3, 0.4) is 0 Å². The average Bonchev–Trinajstić information content (AvgIpc) is 2.99. The second-order valence-electron chi connectivity index (χ2n) is 6.15. The molecule has 1 saturated heterocycles. The lowest BCUT2D eigenvalue weighted by Gasteiger charge is -2.43. The van der Waals surface area contributed by atoms with Crippen LogP contribution < -0.4 is 0 Å². The molecule has 0 spiro atoms. The molecule has 0 saturated carbocycles. The first-order valence-electron chi connectivity index (χ1n) is 7.76. The number of rotatable bonds is 1. The topological polar surface area (TPSA) is 3.24 Å². The van der Waals surface area contributed by atoms with Gasteiger partial charge in [-0.25, -0.2) is 0 Å². The highest BCUT2D eigenvalue weighted by molar-refractivity contribution is 5.43. The number of hydrogen-bond donors (Lipinski definition) is 0. The molecule has 3 atom stereocenters. The highest BCUT2D eigenvalue weighted by Gasteiger charge is 2.40. The van der Waals surface area contributed by atoms with E-state index in [0.717, 1.165) is 0 Å². The Kier molecular flexibility index (Phi) is 2.89. The highest BCUT2D eigenvalue weighted by atomic mass is 15.2. The molecule has 1 heteroatoms. The lowest BCUT2D eigenvalue weighted by atomic mass is 9.77. The predicted molar refractivity (Wildman–Crippen MR) is 82.9 cm³/mol. The molecule has 20 heavy (non-hydrogen) atoms. The summed E-state index contributed by atoms with van der Waals surface area (Å²) in [5, 5.41) is 0. The molecule has 0 amide bonds. The van der Waals surface area contributed by atoms with Crippen LogP contribution in [0.2, 0.25) is 0 Å². The summed E-state index contributed by atoms with van der Waals surface area (Å²) in [4.78, 5) is 2.72. The number of hydrogen-bond acceptors (Lipinski definition) is 1. The Labute approximate surface area is 121 Å². The second kappa shape index (κ2) is 4.75. The molecule has 2 heterocycles. The third kappa shape index (κ3) is 1.73. The van der Waals surface area contributed by atoms with Gasteiger partial charge in [0.15, 0.2) is 0 Å². The average molecular weight is 263 g/mol. The fourth-order valence-corrected chi connectivity index (χ4v) is 4.28. The van der Waals surface area contributed by atoms with Crippen molar-refractivity contribution in [3.8, 4) is 0 Å². The quantitative estimate of drug-likeness (QED) is 0.739. The second-order valence-corrected chi connectivity index (χ2v) is 6.15. The molecule has 0 aromatic heterocycles. The van der Waals surface area contributed by atoms with Crippen molar-refractivity contribution in [1.82, 2.24) is 4.90 Å². The molecular formula is C19H21N. The summed E-state index contributed by atoms with van der Waals surface area (Å²) in [7, 11) is 0. The first-order valence-corrected chi connectivity index (χ1v) is 7.76. The van der Waals surface area contributed by atoms with Crippen molar-refractivity contribution in [1.29, 1.82) is 0 Å². The van der Waals surface area contributed by atoms with Gasteiger partial charge in [-0.3, -0.25) is 4.90 Å². The van der Waals surface area contributed by atoms with E-state index in [0.29, 0.717) is 18.0 Å². The fourth-order valence-electron chi connectivity index (χ4n) is 4.28. The van der Waals surface area contributed by atoms with Gasteiger partial charge in [0.25, 0.3) is 0 Å². The van der Waals surface area contributed by atoms with Gasteiger partial charge in [-0.1, -0.05) is 54.6 Å². The minimum Gasteiger partial charge on any atom is -0.293 e. The van der Waals surface area contributed by atoms with Crippen LogP contribution in [0.1, 0.15) is 48.4 Å². The third-order valence-electron chi connectivity index (χ3n) is 5.15. The zero-order valence-electron chi connectivity index (χ0n) is 12.0. The van der Waals surface area contributed by atoms with Gasteiger partial charge >= 0.3 is 0 Å². The number of nitrogens with zero attached hydrogens (tertiary/aromatic N) is 1. The van der Waals surface area contributed by atoms with E-state index < -0.39 is 0 Å². The van der Waals surface area contributed by atoms with E-state index in [1.807, 2.05) is 0 Å². The van der Waals surface area contributed by atoms with Crippen LogP contribution in [0, 0.1) is 0 Å². The first kappa shape index (κ1) is 12.2. The van der Waals surface area contributed by atoms with E-state index >= 15 is 0 Å². The summed E-state index contributed by atoms with van der Waals surface area (Å²) in [5.74, 6) is 0.516. The molecule has 0 radical (unpaired) electrons. The van der Waals surface area contributed by atoms with Crippen LogP contribution in [0.25, 0.3) is 0 Å². The van der Waals surface area contributed by atoms with Crippen LogP contribution in [-0.4, -0.2) is 17.5 Å². The van der Waals surface area contributed by atoms with Crippen molar-refractivity contribution >= 4 is 0 Å². The minimum atomic E-state index is 0.516. The largest absolute Gasteiger partial charge is 0.293 e. The Morgan fingerprint density at radius 1 is 0.900 bits per heavy atom. The van der Waals surface area contributed by atoms with Crippen LogP contribution in [0.5, 0.6) is 0 Å². The number of benzene rings is 2.